The second-order valence-corrected chi connectivity index (χ2v) is 3.64. The second kappa shape index (κ2) is 6.61. The smallest absolute Gasteiger partial charge is 0.419 e. The number of alkyl halides is 3. The summed E-state index contributed by atoms with van der Waals surface area (Å²) in [6.07, 6.45) is 0.509. The lowest BCUT2D eigenvalue weighted by Gasteiger charge is -2.14. The highest BCUT2D eigenvalue weighted by molar-refractivity contribution is 5.78. The van der Waals surface area contributed by atoms with Crippen LogP contribution in [0.15, 0.2) is 18.2 Å². The van der Waals surface area contributed by atoms with E-state index < -0.39 is 30.0 Å². The molecule has 0 fully saturated rings. The van der Waals surface area contributed by atoms with Crippen LogP contribution >= 0.6 is 0 Å². The Morgan fingerprint density at radius 2 is 2.15 bits per heavy atom. The van der Waals surface area contributed by atoms with Gasteiger partial charge in [0.1, 0.15) is 12.0 Å². The lowest BCUT2D eigenvalue weighted by Crippen LogP contribution is -2.29. The lowest BCUT2D eigenvalue weighted by molar-refractivity contribution is -0.139. The molecule has 0 aromatic heterocycles. The summed E-state index contributed by atoms with van der Waals surface area (Å²) in [6.45, 7) is -0.649. The molecule has 0 spiro atoms. The van der Waals surface area contributed by atoms with Gasteiger partial charge in [-0.2, -0.15) is 13.2 Å². The SMILES string of the molecule is C#CCNC(=O)COc1ccc(C=O)cc1C(F)(F)F. The molecular weight excluding hydrogens is 275 g/mol. The van der Waals surface area contributed by atoms with Crippen molar-refractivity contribution >= 4 is 12.2 Å². The number of nitrogens with one attached hydrogen (secondary N) is 1. The molecule has 0 unspecified atom stereocenters. The molecule has 1 N–H and O–H groups in total. The molecule has 7 heteroatoms. The molecule has 1 rings (SSSR count). The van der Waals surface area contributed by atoms with Crippen molar-refractivity contribution in [2.24, 2.45) is 0 Å². The van der Waals surface area contributed by atoms with Gasteiger partial charge in [0, 0.05) is 5.56 Å². The topological polar surface area (TPSA) is 55.4 Å². The summed E-state index contributed by atoms with van der Waals surface area (Å²) in [6, 6.07) is 2.81. The van der Waals surface area contributed by atoms with Crippen molar-refractivity contribution < 1.29 is 27.5 Å². The van der Waals surface area contributed by atoms with E-state index in [2.05, 4.69) is 11.2 Å². The third-order valence-electron chi connectivity index (χ3n) is 2.19. The molecule has 4 nitrogen and oxygen atoms in total. The average Bonchev–Trinajstić information content (AvgIpc) is 2.41. The number of terminal acetylenes is 1. The summed E-state index contributed by atoms with van der Waals surface area (Å²) in [7, 11) is 0. The van der Waals surface area contributed by atoms with Crippen molar-refractivity contribution in [1.82, 2.24) is 5.32 Å². The minimum Gasteiger partial charge on any atom is -0.483 e. The van der Waals surface area contributed by atoms with E-state index >= 15 is 0 Å². The van der Waals surface area contributed by atoms with Gasteiger partial charge in [-0.3, -0.25) is 9.59 Å². The van der Waals surface area contributed by atoms with E-state index in [4.69, 9.17) is 11.2 Å². The summed E-state index contributed by atoms with van der Waals surface area (Å²) in [4.78, 5) is 21.7. The van der Waals surface area contributed by atoms with Gasteiger partial charge in [-0.25, -0.2) is 0 Å². The summed E-state index contributed by atoms with van der Waals surface area (Å²) in [5, 5.41) is 2.25. The van der Waals surface area contributed by atoms with Crippen molar-refractivity contribution in [1.29, 1.82) is 0 Å². The molecular formula is C13H10F3NO3. The average molecular weight is 285 g/mol. The maximum absolute atomic E-state index is 12.8. The molecule has 0 saturated carbocycles. The molecule has 0 radical (unpaired) electrons. The zero-order valence-corrected chi connectivity index (χ0v) is 10.2. The molecule has 0 saturated heterocycles. The van der Waals surface area contributed by atoms with E-state index in [1.807, 2.05) is 0 Å². The molecule has 1 aromatic carbocycles. The fourth-order valence-corrected chi connectivity index (χ4v) is 1.31. The fraction of sp³-hybridized carbons (Fsp3) is 0.231. The Balaban J connectivity index is 2.87. The normalized spacial score (nSPS) is 10.5. The van der Waals surface area contributed by atoms with Gasteiger partial charge in [0.2, 0.25) is 0 Å². The Hall–Kier alpha value is -2.49. The quantitative estimate of drug-likeness (QED) is 0.661. The molecule has 20 heavy (non-hydrogen) atoms. The highest BCUT2D eigenvalue weighted by Crippen LogP contribution is 2.36. The largest absolute Gasteiger partial charge is 0.483 e. The standard InChI is InChI=1S/C13H10F3NO3/c1-2-5-17-12(19)8-20-11-4-3-9(7-18)6-10(11)13(14,15)16/h1,3-4,6-7H,5,8H2,(H,17,19). The molecule has 106 valence electrons. The van der Waals surface area contributed by atoms with Crippen LogP contribution in [0.1, 0.15) is 15.9 Å². The highest BCUT2D eigenvalue weighted by atomic mass is 19.4. The number of carbonyl (C=O) groups excluding carboxylic acids is 2. The Bertz CT molecular complexity index is 547. The number of amides is 1. The number of benzene rings is 1. The third-order valence-corrected chi connectivity index (χ3v) is 2.19. The summed E-state index contributed by atoms with van der Waals surface area (Å²) < 4.78 is 43.1. The first-order valence-electron chi connectivity index (χ1n) is 5.38. The van der Waals surface area contributed by atoms with Crippen LogP contribution in [0.4, 0.5) is 13.2 Å². The number of hydrogen-bond acceptors (Lipinski definition) is 3. The molecule has 0 aliphatic carbocycles. The van der Waals surface area contributed by atoms with Crippen molar-refractivity contribution in [3.05, 3.63) is 29.3 Å². The minimum atomic E-state index is -4.69. The monoisotopic (exact) mass is 285 g/mol. The van der Waals surface area contributed by atoms with Crippen LogP contribution in [-0.2, 0) is 11.0 Å². The minimum absolute atomic E-state index is 0.0433. The lowest BCUT2D eigenvalue weighted by atomic mass is 10.1. The first-order chi connectivity index (χ1) is 9.38. The molecule has 0 heterocycles. The van der Waals surface area contributed by atoms with Gasteiger partial charge in [0.15, 0.2) is 6.61 Å². The van der Waals surface area contributed by atoms with Crippen molar-refractivity contribution in [2.75, 3.05) is 13.2 Å². The Morgan fingerprint density at radius 3 is 2.70 bits per heavy atom. The van der Waals surface area contributed by atoms with Gasteiger partial charge in [-0.1, -0.05) is 5.92 Å². The zero-order chi connectivity index (χ0) is 15.2. The van der Waals surface area contributed by atoms with Crippen molar-refractivity contribution in [3.8, 4) is 18.1 Å². The van der Waals surface area contributed by atoms with E-state index in [9.17, 15) is 22.8 Å². The summed E-state index contributed by atoms with van der Waals surface area (Å²) in [5.41, 5.74) is -1.26. The number of hydrogen-bond donors (Lipinski definition) is 1. The number of rotatable bonds is 5. The Labute approximate surface area is 112 Å². The van der Waals surface area contributed by atoms with E-state index in [0.717, 1.165) is 12.1 Å². The van der Waals surface area contributed by atoms with E-state index in [1.54, 1.807) is 0 Å². The van der Waals surface area contributed by atoms with Crippen LogP contribution in [-0.4, -0.2) is 25.3 Å². The maximum Gasteiger partial charge on any atom is 0.419 e. The number of carbonyl (C=O) groups is 2. The van der Waals surface area contributed by atoms with E-state index in [-0.39, 0.29) is 12.1 Å². The summed E-state index contributed by atoms with van der Waals surface area (Å²) >= 11 is 0. The van der Waals surface area contributed by atoms with Crippen LogP contribution in [0.5, 0.6) is 5.75 Å². The van der Waals surface area contributed by atoms with Gasteiger partial charge < -0.3 is 10.1 Å². The van der Waals surface area contributed by atoms with Crippen molar-refractivity contribution in [2.45, 2.75) is 6.18 Å². The number of ether oxygens (including phenoxy) is 1. The third kappa shape index (κ3) is 4.31. The zero-order valence-electron chi connectivity index (χ0n) is 10.2. The predicted molar refractivity (Wildman–Crippen MR) is 64.2 cm³/mol. The molecule has 1 aromatic rings. The Kier molecular flexibility index (Phi) is 5.15. The van der Waals surface area contributed by atoms with Gasteiger partial charge >= 0.3 is 6.18 Å². The fourth-order valence-electron chi connectivity index (χ4n) is 1.31. The summed E-state index contributed by atoms with van der Waals surface area (Å²) in [5.74, 6) is 0.969. The predicted octanol–water partition coefficient (Wildman–Crippen LogP) is 1.65. The van der Waals surface area contributed by atoms with Crippen LogP contribution in [0, 0.1) is 12.3 Å². The first-order valence-corrected chi connectivity index (χ1v) is 5.38. The molecule has 0 atom stereocenters. The highest BCUT2D eigenvalue weighted by Gasteiger charge is 2.34. The van der Waals surface area contributed by atoms with Gasteiger partial charge in [0.05, 0.1) is 12.1 Å². The van der Waals surface area contributed by atoms with Gasteiger partial charge in [0.25, 0.3) is 5.91 Å². The van der Waals surface area contributed by atoms with Crippen molar-refractivity contribution in [3.63, 3.8) is 0 Å². The van der Waals surface area contributed by atoms with E-state index in [0.29, 0.717) is 12.4 Å². The number of aldehydes is 1. The molecule has 1 amide bonds. The van der Waals surface area contributed by atoms with Gasteiger partial charge in [-0.15, -0.1) is 6.42 Å². The second-order valence-electron chi connectivity index (χ2n) is 3.64. The molecule has 0 aliphatic heterocycles. The van der Waals surface area contributed by atoms with Crippen LogP contribution in [0.3, 0.4) is 0 Å². The maximum atomic E-state index is 12.8. The Morgan fingerprint density at radius 1 is 1.45 bits per heavy atom. The van der Waals surface area contributed by atoms with Crippen LogP contribution in [0.2, 0.25) is 0 Å². The number of halogens is 3. The van der Waals surface area contributed by atoms with Crippen LogP contribution < -0.4 is 10.1 Å². The van der Waals surface area contributed by atoms with Gasteiger partial charge in [-0.05, 0) is 18.2 Å². The van der Waals surface area contributed by atoms with Crippen LogP contribution in [0.25, 0.3) is 0 Å². The first kappa shape index (κ1) is 15.6. The molecule has 0 aliphatic rings. The molecule has 0 bridgehead atoms. The van der Waals surface area contributed by atoms with E-state index in [1.165, 1.54) is 0 Å².